The van der Waals surface area contributed by atoms with E-state index in [1.165, 1.54) is 0 Å². The topological polar surface area (TPSA) is 57.6 Å². The molecule has 1 aromatic heterocycles. The van der Waals surface area contributed by atoms with Gasteiger partial charge in [0.05, 0.1) is 6.04 Å². The van der Waals surface area contributed by atoms with Crippen LogP contribution in [-0.2, 0) is 11.3 Å². The van der Waals surface area contributed by atoms with Crippen molar-refractivity contribution in [3.05, 3.63) is 58.9 Å². The predicted molar refractivity (Wildman–Crippen MR) is 113 cm³/mol. The molecule has 0 unspecified atom stereocenters. The van der Waals surface area contributed by atoms with Gasteiger partial charge in [-0.1, -0.05) is 29.8 Å². The molecule has 1 atom stereocenters. The summed E-state index contributed by atoms with van der Waals surface area (Å²) in [4.78, 5) is 29.6. The second kappa shape index (κ2) is 8.11. The van der Waals surface area contributed by atoms with Crippen molar-refractivity contribution in [1.82, 2.24) is 19.7 Å². The largest absolute Gasteiger partial charge is 0.348 e. The van der Waals surface area contributed by atoms with Crippen molar-refractivity contribution in [2.24, 2.45) is 0 Å². The highest BCUT2D eigenvalue weighted by Gasteiger charge is 2.38. The van der Waals surface area contributed by atoms with E-state index in [1.54, 1.807) is 4.90 Å². The van der Waals surface area contributed by atoms with E-state index in [2.05, 4.69) is 9.88 Å². The maximum atomic E-state index is 13.4. The molecule has 6 nitrogen and oxygen atoms in total. The Morgan fingerprint density at radius 1 is 1.17 bits per heavy atom. The lowest BCUT2D eigenvalue weighted by molar-refractivity contribution is -0.134. The molecule has 1 N–H and O–H groups in total. The van der Waals surface area contributed by atoms with E-state index < -0.39 is 0 Å². The third-order valence-corrected chi connectivity index (χ3v) is 5.87. The number of nitrogens with one attached hydrogen (secondary N) is 1. The van der Waals surface area contributed by atoms with Crippen LogP contribution in [0, 0.1) is 0 Å². The fourth-order valence-electron chi connectivity index (χ4n) is 4.00. The van der Waals surface area contributed by atoms with Crippen LogP contribution in [0.1, 0.15) is 44.0 Å². The van der Waals surface area contributed by atoms with Gasteiger partial charge in [-0.3, -0.25) is 4.79 Å². The highest BCUT2D eigenvalue weighted by atomic mass is 35.5. The van der Waals surface area contributed by atoms with Crippen LogP contribution >= 0.6 is 11.6 Å². The number of aromatic nitrogens is 1. The van der Waals surface area contributed by atoms with E-state index in [0.717, 1.165) is 30.6 Å². The van der Waals surface area contributed by atoms with Gasteiger partial charge in [-0.15, -0.1) is 0 Å². The third-order valence-electron chi connectivity index (χ3n) is 5.52. The first-order valence-electron chi connectivity index (χ1n) is 10.2. The van der Waals surface area contributed by atoms with Crippen molar-refractivity contribution >= 4 is 23.5 Å². The third kappa shape index (κ3) is 4.13. The summed E-state index contributed by atoms with van der Waals surface area (Å²) in [6, 6.07) is 11.5. The van der Waals surface area contributed by atoms with Gasteiger partial charge in [0.25, 0.3) is 0 Å². The smallest absolute Gasteiger partial charge is 0.318 e. The monoisotopic (exact) mass is 414 g/mol. The number of rotatable bonds is 5. The van der Waals surface area contributed by atoms with Gasteiger partial charge in [0.2, 0.25) is 5.91 Å². The second-order valence-electron chi connectivity index (χ2n) is 8.10. The molecule has 0 spiro atoms. The number of hydrogen-bond acceptors (Lipinski definition) is 2. The van der Waals surface area contributed by atoms with E-state index >= 15 is 0 Å². The summed E-state index contributed by atoms with van der Waals surface area (Å²) in [6.07, 6.45) is 3.94. The number of amides is 3. The number of carbonyl (C=O) groups is 2. The van der Waals surface area contributed by atoms with Gasteiger partial charge in [-0.2, -0.15) is 0 Å². The standard InChI is InChI=1S/C22H27ClN4O2/c1-15(2)24-22(29)27(16-9-10-16)14-20(28)26-13-12-25-11-5-8-19(25)21(26)17-6-3-4-7-18(17)23/h3-8,11,15-16,21H,9-10,12-14H2,1-2H3,(H,24,29)/t21-/m0/s1. The zero-order valence-electron chi connectivity index (χ0n) is 16.8. The van der Waals surface area contributed by atoms with Crippen LogP contribution in [0.3, 0.4) is 0 Å². The summed E-state index contributed by atoms with van der Waals surface area (Å²) in [5.74, 6) is -0.0480. The molecule has 3 amide bonds. The van der Waals surface area contributed by atoms with Crippen molar-refractivity contribution in [3.8, 4) is 0 Å². The maximum absolute atomic E-state index is 13.4. The molecule has 2 heterocycles. The van der Waals surface area contributed by atoms with Gasteiger partial charge in [-0.05, 0) is 50.5 Å². The van der Waals surface area contributed by atoms with Gasteiger partial charge in [0.15, 0.2) is 0 Å². The Bertz CT molecular complexity index is 906. The SMILES string of the molecule is CC(C)NC(=O)N(CC(=O)N1CCn2cccc2[C@@H]1c1ccccc1Cl)C1CC1. The first-order chi connectivity index (χ1) is 14.0. The zero-order valence-corrected chi connectivity index (χ0v) is 17.6. The number of halogens is 1. The number of fused-ring (bicyclic) bond motifs is 1. The van der Waals surface area contributed by atoms with Crippen LogP contribution < -0.4 is 5.32 Å². The fraction of sp³-hybridized carbons (Fsp3) is 0.455. The molecule has 1 aliphatic heterocycles. The molecule has 2 aliphatic rings. The molecule has 4 rings (SSSR count). The number of benzene rings is 1. The van der Waals surface area contributed by atoms with Crippen molar-refractivity contribution < 1.29 is 9.59 Å². The van der Waals surface area contributed by atoms with Gasteiger partial charge in [0, 0.05) is 42.1 Å². The predicted octanol–water partition coefficient (Wildman–Crippen LogP) is 3.66. The molecular formula is C22H27ClN4O2. The average molecular weight is 415 g/mol. The van der Waals surface area contributed by atoms with Crippen molar-refractivity contribution in [2.75, 3.05) is 13.1 Å². The van der Waals surface area contributed by atoms with E-state index in [0.29, 0.717) is 11.6 Å². The van der Waals surface area contributed by atoms with E-state index in [1.807, 2.05) is 61.3 Å². The fourth-order valence-corrected chi connectivity index (χ4v) is 4.23. The number of carbonyl (C=O) groups excluding carboxylic acids is 2. The first kappa shape index (κ1) is 19.8. The quantitative estimate of drug-likeness (QED) is 0.811. The Labute approximate surface area is 176 Å². The van der Waals surface area contributed by atoms with Crippen LogP contribution in [0.4, 0.5) is 4.79 Å². The Balaban J connectivity index is 1.61. The Morgan fingerprint density at radius 3 is 2.62 bits per heavy atom. The van der Waals surface area contributed by atoms with Crippen molar-refractivity contribution in [3.63, 3.8) is 0 Å². The molecule has 0 radical (unpaired) electrons. The zero-order chi connectivity index (χ0) is 20.5. The molecule has 0 saturated heterocycles. The number of urea groups is 1. The van der Waals surface area contributed by atoms with E-state index in [4.69, 9.17) is 11.6 Å². The van der Waals surface area contributed by atoms with Gasteiger partial charge in [0.1, 0.15) is 6.54 Å². The van der Waals surface area contributed by atoms with Gasteiger partial charge in [-0.25, -0.2) is 4.79 Å². The number of nitrogens with zero attached hydrogens (tertiary/aromatic N) is 3. The van der Waals surface area contributed by atoms with Crippen LogP contribution in [0.5, 0.6) is 0 Å². The van der Waals surface area contributed by atoms with Crippen LogP contribution in [-0.4, -0.2) is 51.5 Å². The van der Waals surface area contributed by atoms with Crippen LogP contribution in [0.15, 0.2) is 42.6 Å². The summed E-state index contributed by atoms with van der Waals surface area (Å²) in [5, 5.41) is 3.57. The van der Waals surface area contributed by atoms with Crippen LogP contribution in [0.2, 0.25) is 5.02 Å². The molecule has 2 aromatic rings. The van der Waals surface area contributed by atoms with Crippen molar-refractivity contribution in [2.45, 2.75) is 51.4 Å². The minimum atomic E-state index is -0.255. The summed E-state index contributed by atoms with van der Waals surface area (Å²) in [6.45, 7) is 5.26. The second-order valence-corrected chi connectivity index (χ2v) is 8.51. The molecule has 154 valence electrons. The minimum Gasteiger partial charge on any atom is -0.348 e. The highest BCUT2D eigenvalue weighted by molar-refractivity contribution is 6.31. The van der Waals surface area contributed by atoms with Gasteiger partial charge < -0.3 is 19.7 Å². The normalized spacial score (nSPS) is 18.5. The summed E-state index contributed by atoms with van der Waals surface area (Å²) < 4.78 is 2.17. The lowest BCUT2D eigenvalue weighted by atomic mass is 9.99. The summed E-state index contributed by atoms with van der Waals surface area (Å²) in [5.41, 5.74) is 1.95. The molecule has 1 aliphatic carbocycles. The van der Waals surface area contributed by atoms with Crippen LogP contribution in [0.25, 0.3) is 0 Å². The lowest BCUT2D eigenvalue weighted by Crippen LogP contribution is -2.51. The Morgan fingerprint density at radius 2 is 1.93 bits per heavy atom. The van der Waals surface area contributed by atoms with Crippen molar-refractivity contribution in [1.29, 1.82) is 0 Å². The molecule has 0 bridgehead atoms. The minimum absolute atomic E-state index is 0.0352. The highest BCUT2D eigenvalue weighted by Crippen LogP contribution is 2.36. The van der Waals surface area contributed by atoms with E-state index in [9.17, 15) is 9.59 Å². The number of hydrogen-bond donors (Lipinski definition) is 1. The molecule has 7 heteroatoms. The molecular weight excluding hydrogens is 388 g/mol. The lowest BCUT2D eigenvalue weighted by Gasteiger charge is -2.39. The average Bonchev–Trinajstić information content (AvgIpc) is 3.41. The maximum Gasteiger partial charge on any atom is 0.318 e. The Hall–Kier alpha value is -2.47. The van der Waals surface area contributed by atoms with E-state index in [-0.39, 0.29) is 36.6 Å². The first-order valence-corrected chi connectivity index (χ1v) is 10.6. The molecule has 1 aromatic carbocycles. The molecule has 1 saturated carbocycles. The summed E-state index contributed by atoms with van der Waals surface area (Å²) in [7, 11) is 0. The Kier molecular flexibility index (Phi) is 5.54. The summed E-state index contributed by atoms with van der Waals surface area (Å²) >= 11 is 6.51. The molecule has 1 fully saturated rings. The molecule has 29 heavy (non-hydrogen) atoms. The van der Waals surface area contributed by atoms with Gasteiger partial charge >= 0.3 is 6.03 Å².